The van der Waals surface area contributed by atoms with Crippen LogP contribution in [0.15, 0.2) is 29.1 Å². The number of H-pyrrole nitrogens is 1. The van der Waals surface area contributed by atoms with E-state index in [-0.39, 0.29) is 18.0 Å². The number of amides is 1. The fourth-order valence-corrected chi connectivity index (χ4v) is 5.03. The van der Waals surface area contributed by atoms with E-state index in [1.54, 1.807) is 30.6 Å². The third-order valence-electron chi connectivity index (χ3n) is 5.19. The summed E-state index contributed by atoms with van der Waals surface area (Å²) >= 11 is 1.63. The molecule has 29 heavy (non-hydrogen) atoms. The third-order valence-corrected chi connectivity index (χ3v) is 6.38. The molecule has 7 nitrogen and oxygen atoms in total. The van der Waals surface area contributed by atoms with Gasteiger partial charge in [0.25, 0.3) is 5.56 Å². The van der Waals surface area contributed by atoms with E-state index in [0.29, 0.717) is 30.4 Å². The molecule has 1 aromatic carbocycles. The van der Waals surface area contributed by atoms with Crippen LogP contribution >= 0.6 is 11.3 Å². The molecule has 0 fully saturated rings. The van der Waals surface area contributed by atoms with Crippen LogP contribution < -0.4 is 15.6 Å². The van der Waals surface area contributed by atoms with Gasteiger partial charge < -0.3 is 15.0 Å². The summed E-state index contributed by atoms with van der Waals surface area (Å²) in [5.74, 6) is 1.07. The van der Waals surface area contributed by atoms with E-state index >= 15 is 0 Å². The van der Waals surface area contributed by atoms with E-state index in [4.69, 9.17) is 4.74 Å². The summed E-state index contributed by atoms with van der Waals surface area (Å²) in [6.45, 7) is 3.23. The number of nitrogens with zero attached hydrogens (tertiary/aromatic N) is 2. The first-order valence-electron chi connectivity index (χ1n) is 9.77. The SMILES string of the molecule is CCN(CC(=O)Nc1ccccc1OC)Cc1nc2sc3c(c2c(=O)[nH]1)CCC3. The Morgan fingerprint density at radius 3 is 2.97 bits per heavy atom. The molecule has 2 heterocycles. The van der Waals surface area contributed by atoms with Crippen LogP contribution in [0.4, 0.5) is 5.69 Å². The van der Waals surface area contributed by atoms with Crippen molar-refractivity contribution in [2.24, 2.45) is 0 Å². The maximum Gasteiger partial charge on any atom is 0.259 e. The predicted molar refractivity (Wildman–Crippen MR) is 115 cm³/mol. The number of fused-ring (bicyclic) bond motifs is 3. The molecule has 0 atom stereocenters. The number of aromatic amines is 1. The minimum absolute atomic E-state index is 0.0704. The van der Waals surface area contributed by atoms with E-state index in [1.165, 1.54) is 10.4 Å². The van der Waals surface area contributed by atoms with E-state index in [1.807, 2.05) is 24.0 Å². The number of benzene rings is 1. The predicted octanol–water partition coefficient (Wildman–Crippen LogP) is 2.94. The fraction of sp³-hybridized carbons (Fsp3) is 0.381. The number of hydrogen-bond acceptors (Lipinski definition) is 6. The van der Waals surface area contributed by atoms with Crippen molar-refractivity contribution in [3.8, 4) is 5.75 Å². The van der Waals surface area contributed by atoms with Gasteiger partial charge in [-0.25, -0.2) is 4.98 Å². The van der Waals surface area contributed by atoms with Crippen LogP contribution in [0.1, 0.15) is 29.6 Å². The highest BCUT2D eigenvalue weighted by molar-refractivity contribution is 7.18. The van der Waals surface area contributed by atoms with Crippen LogP contribution in [0.2, 0.25) is 0 Å². The topological polar surface area (TPSA) is 87.3 Å². The molecule has 8 heteroatoms. The van der Waals surface area contributed by atoms with Crippen LogP contribution in [0.5, 0.6) is 5.75 Å². The molecule has 0 radical (unpaired) electrons. The molecule has 0 saturated carbocycles. The average Bonchev–Trinajstić information content (AvgIpc) is 3.28. The zero-order valence-electron chi connectivity index (χ0n) is 16.6. The Hall–Kier alpha value is -2.71. The molecule has 0 saturated heterocycles. The summed E-state index contributed by atoms with van der Waals surface area (Å²) in [6.07, 6.45) is 3.11. The molecule has 4 rings (SSSR count). The van der Waals surface area contributed by atoms with Crippen LogP contribution in [0.25, 0.3) is 10.2 Å². The molecule has 3 aromatic rings. The zero-order chi connectivity index (χ0) is 20.4. The first-order valence-corrected chi connectivity index (χ1v) is 10.6. The lowest BCUT2D eigenvalue weighted by Gasteiger charge is -2.19. The second kappa shape index (κ2) is 8.34. The molecule has 2 N–H and O–H groups in total. The lowest BCUT2D eigenvalue weighted by Crippen LogP contribution is -2.34. The molecule has 0 bridgehead atoms. The van der Waals surface area contributed by atoms with Gasteiger partial charge >= 0.3 is 0 Å². The molecule has 152 valence electrons. The maximum atomic E-state index is 12.6. The Labute approximate surface area is 172 Å². The summed E-state index contributed by atoms with van der Waals surface area (Å²) in [5.41, 5.74) is 1.74. The number of carbonyl (C=O) groups excluding carboxylic acids is 1. The third kappa shape index (κ3) is 4.04. The number of aromatic nitrogens is 2. The first-order chi connectivity index (χ1) is 14.1. The number of thiophene rings is 1. The number of nitrogens with one attached hydrogen (secondary N) is 2. The van der Waals surface area contributed by atoms with Gasteiger partial charge in [0, 0.05) is 4.88 Å². The monoisotopic (exact) mass is 412 g/mol. The van der Waals surface area contributed by atoms with Gasteiger partial charge in [0.2, 0.25) is 5.91 Å². The van der Waals surface area contributed by atoms with Crippen molar-refractivity contribution in [2.45, 2.75) is 32.7 Å². The molecule has 1 aliphatic rings. The Morgan fingerprint density at radius 2 is 2.17 bits per heavy atom. The van der Waals surface area contributed by atoms with Crippen molar-refractivity contribution in [3.63, 3.8) is 0 Å². The molecule has 0 aliphatic heterocycles. The number of ether oxygens (including phenoxy) is 1. The van der Waals surface area contributed by atoms with Crippen molar-refractivity contribution in [1.82, 2.24) is 14.9 Å². The van der Waals surface area contributed by atoms with Crippen molar-refractivity contribution < 1.29 is 9.53 Å². The van der Waals surface area contributed by atoms with Crippen LogP contribution in [0, 0.1) is 0 Å². The molecular formula is C21H24N4O3S. The quantitative estimate of drug-likeness (QED) is 0.623. The molecule has 1 amide bonds. The van der Waals surface area contributed by atoms with Crippen LogP contribution in [0.3, 0.4) is 0 Å². The first kappa shape index (κ1) is 19.6. The van der Waals surface area contributed by atoms with Gasteiger partial charge in [-0.2, -0.15) is 0 Å². The number of para-hydroxylation sites is 2. The van der Waals surface area contributed by atoms with Gasteiger partial charge in [-0.05, 0) is 43.5 Å². The molecular weight excluding hydrogens is 388 g/mol. The smallest absolute Gasteiger partial charge is 0.259 e. The van der Waals surface area contributed by atoms with Crippen LogP contribution in [-0.2, 0) is 24.2 Å². The highest BCUT2D eigenvalue weighted by Gasteiger charge is 2.21. The summed E-state index contributed by atoms with van der Waals surface area (Å²) in [5, 5.41) is 3.64. The summed E-state index contributed by atoms with van der Waals surface area (Å²) in [4.78, 5) is 36.8. The Morgan fingerprint density at radius 1 is 1.34 bits per heavy atom. The number of anilines is 1. The molecule has 1 aliphatic carbocycles. The normalized spacial score (nSPS) is 13.1. The fourth-order valence-electron chi connectivity index (χ4n) is 3.75. The Kier molecular flexibility index (Phi) is 5.64. The minimum atomic E-state index is -0.144. The number of likely N-dealkylation sites (N-methyl/N-ethyl adjacent to an activating group) is 1. The Balaban J connectivity index is 1.47. The number of methoxy groups -OCH3 is 1. The van der Waals surface area contributed by atoms with E-state index in [9.17, 15) is 9.59 Å². The van der Waals surface area contributed by atoms with Gasteiger partial charge in [-0.3, -0.25) is 14.5 Å². The van der Waals surface area contributed by atoms with Gasteiger partial charge in [-0.1, -0.05) is 19.1 Å². The van der Waals surface area contributed by atoms with Gasteiger partial charge in [0.15, 0.2) is 0 Å². The van der Waals surface area contributed by atoms with Crippen molar-refractivity contribution >= 4 is 33.1 Å². The molecule has 2 aromatic heterocycles. The van der Waals surface area contributed by atoms with Gasteiger partial charge in [0.05, 0.1) is 31.3 Å². The molecule has 0 spiro atoms. The second-order valence-corrected chi connectivity index (χ2v) is 8.19. The van der Waals surface area contributed by atoms with E-state index in [2.05, 4.69) is 15.3 Å². The van der Waals surface area contributed by atoms with E-state index < -0.39 is 0 Å². The van der Waals surface area contributed by atoms with Crippen molar-refractivity contribution in [3.05, 3.63) is 50.9 Å². The van der Waals surface area contributed by atoms with Gasteiger partial charge in [0.1, 0.15) is 16.4 Å². The summed E-state index contributed by atoms with van der Waals surface area (Å²) < 4.78 is 5.28. The maximum absolute atomic E-state index is 12.6. The Bertz CT molecular complexity index is 1100. The lowest BCUT2D eigenvalue weighted by atomic mass is 10.2. The minimum Gasteiger partial charge on any atom is -0.495 e. The highest BCUT2D eigenvalue weighted by Crippen LogP contribution is 2.34. The van der Waals surface area contributed by atoms with Crippen molar-refractivity contribution in [1.29, 1.82) is 0 Å². The second-order valence-electron chi connectivity index (χ2n) is 7.10. The summed E-state index contributed by atoms with van der Waals surface area (Å²) in [7, 11) is 1.57. The largest absolute Gasteiger partial charge is 0.495 e. The van der Waals surface area contributed by atoms with E-state index in [0.717, 1.165) is 29.5 Å². The number of carbonyl (C=O) groups is 1. The standard InChI is InChI=1S/C21H24N4O3S/c1-3-25(12-18(26)22-14-8-4-5-9-15(14)28-2)11-17-23-20(27)19-13-7-6-10-16(13)29-21(19)24-17/h4-5,8-9H,3,6-7,10-12H2,1-2H3,(H,22,26)(H,23,24,27). The number of hydrogen-bond donors (Lipinski definition) is 2. The highest BCUT2D eigenvalue weighted by atomic mass is 32.1. The zero-order valence-corrected chi connectivity index (χ0v) is 17.4. The van der Waals surface area contributed by atoms with Crippen molar-refractivity contribution in [2.75, 3.05) is 25.5 Å². The van der Waals surface area contributed by atoms with Gasteiger partial charge in [-0.15, -0.1) is 11.3 Å². The summed E-state index contributed by atoms with van der Waals surface area (Å²) in [6, 6.07) is 7.30. The number of aryl methyl sites for hydroxylation is 2. The lowest BCUT2D eigenvalue weighted by molar-refractivity contribution is -0.117. The number of rotatable bonds is 7. The average molecular weight is 413 g/mol. The molecule has 0 unspecified atom stereocenters. The van der Waals surface area contributed by atoms with Crippen LogP contribution in [-0.4, -0.2) is 41.0 Å².